The van der Waals surface area contributed by atoms with Crippen LogP contribution < -0.4 is 5.43 Å². The summed E-state index contributed by atoms with van der Waals surface area (Å²) in [5.74, 6) is -0.0292. The Morgan fingerprint density at radius 2 is 1.56 bits per heavy atom. The molecule has 1 N–H and O–H groups in total. The number of allylic oxidation sites excluding steroid dienone is 2. The number of hydrogen-bond donors (Lipinski definition) is 1. The first-order valence-corrected chi connectivity index (χ1v) is 10.1. The molecule has 8 nitrogen and oxygen atoms in total. The summed E-state index contributed by atoms with van der Waals surface area (Å²) < 4.78 is 0. The molecule has 0 bridgehead atoms. The van der Waals surface area contributed by atoms with E-state index in [9.17, 15) is 20.2 Å². The Bertz CT molecular complexity index is 1240. The molecule has 3 aromatic rings. The van der Waals surface area contributed by atoms with E-state index in [0.717, 1.165) is 22.8 Å². The van der Waals surface area contributed by atoms with E-state index >= 15 is 0 Å². The van der Waals surface area contributed by atoms with E-state index in [1.165, 1.54) is 12.1 Å². The molecule has 160 valence electrons. The Morgan fingerprint density at radius 1 is 0.906 bits per heavy atom. The van der Waals surface area contributed by atoms with Crippen LogP contribution in [0.4, 0.5) is 17.1 Å². The molecule has 3 aromatic carbocycles. The van der Waals surface area contributed by atoms with Crippen LogP contribution in [0, 0.1) is 20.2 Å². The van der Waals surface area contributed by atoms with Crippen molar-refractivity contribution in [3.05, 3.63) is 115 Å². The van der Waals surface area contributed by atoms with Crippen molar-refractivity contribution in [2.75, 3.05) is 5.43 Å². The van der Waals surface area contributed by atoms with Crippen LogP contribution in [0.15, 0.2) is 89.0 Å². The molecule has 0 amide bonds. The average molecular weight is 449 g/mol. The number of hydrazone groups is 1. The van der Waals surface area contributed by atoms with Crippen molar-refractivity contribution in [1.29, 1.82) is 0 Å². The highest BCUT2D eigenvalue weighted by Gasteiger charge is 2.32. The topological polar surface area (TPSA) is 111 Å². The standard InChI is InChI=1S/C23H17ClN4O4/c24-23-20(26-25-19-12-11-17(27(29)30)13-21(19)28(31)32)14-18(15-7-3-1-4-8-15)22(23)16-9-5-2-6-10-16/h1-13,18,25H,14H2. The largest absolute Gasteiger partial charge is 0.301 e. The number of nitro groups is 2. The molecule has 4 rings (SSSR count). The lowest BCUT2D eigenvalue weighted by molar-refractivity contribution is -0.393. The normalized spacial score (nSPS) is 16.9. The maximum atomic E-state index is 11.4. The lowest BCUT2D eigenvalue weighted by Gasteiger charge is -2.15. The van der Waals surface area contributed by atoms with Gasteiger partial charge in [-0.05, 0) is 22.8 Å². The fraction of sp³-hybridized carbons (Fsp3) is 0.0870. The van der Waals surface area contributed by atoms with Crippen molar-refractivity contribution in [2.24, 2.45) is 5.10 Å². The second-order valence-electron chi connectivity index (χ2n) is 7.15. The van der Waals surface area contributed by atoms with Crippen LogP contribution in [0.25, 0.3) is 5.57 Å². The summed E-state index contributed by atoms with van der Waals surface area (Å²) in [6, 6.07) is 23.0. The molecule has 9 heteroatoms. The number of nitro benzene ring substituents is 2. The van der Waals surface area contributed by atoms with Gasteiger partial charge in [-0.25, -0.2) is 0 Å². The van der Waals surface area contributed by atoms with Crippen molar-refractivity contribution < 1.29 is 9.85 Å². The van der Waals surface area contributed by atoms with Gasteiger partial charge in [-0.1, -0.05) is 72.3 Å². The van der Waals surface area contributed by atoms with Gasteiger partial charge >= 0.3 is 5.69 Å². The molecule has 0 saturated heterocycles. The Hall–Kier alpha value is -4.04. The van der Waals surface area contributed by atoms with Crippen LogP contribution in [0.3, 0.4) is 0 Å². The predicted molar refractivity (Wildman–Crippen MR) is 124 cm³/mol. The summed E-state index contributed by atoms with van der Waals surface area (Å²) in [6.07, 6.45) is 0.501. The first-order valence-electron chi connectivity index (χ1n) is 9.71. The minimum absolute atomic E-state index is 0.0292. The monoisotopic (exact) mass is 448 g/mol. The van der Waals surface area contributed by atoms with Gasteiger partial charge in [0.15, 0.2) is 0 Å². The van der Waals surface area contributed by atoms with Crippen molar-refractivity contribution in [2.45, 2.75) is 12.3 Å². The molecule has 1 atom stereocenters. The Morgan fingerprint density at radius 3 is 2.19 bits per heavy atom. The van der Waals surface area contributed by atoms with E-state index in [0.29, 0.717) is 17.2 Å². The summed E-state index contributed by atoms with van der Waals surface area (Å²) in [6.45, 7) is 0. The van der Waals surface area contributed by atoms with E-state index < -0.39 is 15.5 Å². The molecule has 0 aliphatic heterocycles. The molecule has 1 aliphatic rings. The lowest BCUT2D eigenvalue weighted by atomic mass is 9.88. The number of hydrogen-bond acceptors (Lipinski definition) is 6. The second-order valence-corrected chi connectivity index (χ2v) is 7.53. The van der Waals surface area contributed by atoms with Gasteiger partial charge < -0.3 is 0 Å². The molecule has 1 unspecified atom stereocenters. The molecule has 0 aromatic heterocycles. The SMILES string of the molecule is O=[N+]([O-])c1ccc(NN=C2CC(c3ccccc3)C(c3ccccc3)=C2Cl)c([N+](=O)[O-])c1. The summed E-state index contributed by atoms with van der Waals surface area (Å²) in [5, 5.41) is 27.2. The predicted octanol–water partition coefficient (Wildman–Crippen LogP) is 6.11. The molecule has 1 aliphatic carbocycles. The Kier molecular flexibility index (Phi) is 5.96. The third-order valence-electron chi connectivity index (χ3n) is 5.22. The van der Waals surface area contributed by atoms with Gasteiger partial charge in [0.1, 0.15) is 5.69 Å². The highest BCUT2D eigenvalue weighted by molar-refractivity contribution is 6.48. The molecule has 0 saturated carbocycles. The summed E-state index contributed by atoms with van der Waals surface area (Å²) in [5.41, 5.74) is 5.44. The van der Waals surface area contributed by atoms with Gasteiger partial charge in [-0.3, -0.25) is 25.7 Å². The second kappa shape index (κ2) is 8.99. The number of benzene rings is 3. The number of rotatable bonds is 6. The average Bonchev–Trinajstić information content (AvgIpc) is 3.14. The first kappa shape index (κ1) is 21.2. The van der Waals surface area contributed by atoms with Crippen molar-refractivity contribution in [3.8, 4) is 0 Å². The van der Waals surface area contributed by atoms with Crippen molar-refractivity contribution >= 4 is 39.9 Å². The zero-order valence-corrected chi connectivity index (χ0v) is 17.4. The number of nitrogens with one attached hydrogen (secondary N) is 1. The van der Waals surface area contributed by atoms with Crippen LogP contribution in [0.2, 0.25) is 0 Å². The number of halogens is 1. The fourth-order valence-corrected chi connectivity index (χ4v) is 4.07. The lowest BCUT2D eigenvalue weighted by Crippen LogP contribution is -2.03. The van der Waals surface area contributed by atoms with Crippen LogP contribution in [-0.2, 0) is 0 Å². The van der Waals surface area contributed by atoms with Crippen LogP contribution in [-0.4, -0.2) is 15.6 Å². The number of non-ortho nitro benzene ring substituents is 1. The summed E-state index contributed by atoms with van der Waals surface area (Å²) in [7, 11) is 0. The van der Waals surface area contributed by atoms with Crippen LogP contribution >= 0.6 is 11.6 Å². The first-order chi connectivity index (χ1) is 15.5. The molecule has 0 spiro atoms. The zero-order chi connectivity index (χ0) is 22.7. The van der Waals surface area contributed by atoms with E-state index in [-0.39, 0.29) is 17.3 Å². The summed E-state index contributed by atoms with van der Waals surface area (Å²) in [4.78, 5) is 21.0. The van der Waals surface area contributed by atoms with Crippen LogP contribution in [0.5, 0.6) is 0 Å². The third-order valence-corrected chi connectivity index (χ3v) is 5.64. The van der Waals surface area contributed by atoms with E-state index in [1.54, 1.807) is 0 Å². The zero-order valence-electron chi connectivity index (χ0n) is 16.6. The van der Waals surface area contributed by atoms with E-state index in [1.807, 2.05) is 60.7 Å². The fourth-order valence-electron chi connectivity index (χ4n) is 3.71. The molecule has 0 radical (unpaired) electrons. The van der Waals surface area contributed by atoms with Crippen molar-refractivity contribution in [3.63, 3.8) is 0 Å². The minimum Gasteiger partial charge on any atom is -0.271 e. The van der Waals surface area contributed by atoms with Crippen LogP contribution in [0.1, 0.15) is 23.5 Å². The van der Waals surface area contributed by atoms with Crippen molar-refractivity contribution in [1.82, 2.24) is 0 Å². The molecule has 32 heavy (non-hydrogen) atoms. The maximum absolute atomic E-state index is 11.4. The van der Waals surface area contributed by atoms with Gasteiger partial charge in [0.2, 0.25) is 0 Å². The number of nitrogens with zero attached hydrogens (tertiary/aromatic N) is 3. The summed E-state index contributed by atoms with van der Waals surface area (Å²) >= 11 is 6.74. The van der Waals surface area contributed by atoms with Gasteiger partial charge in [0, 0.05) is 18.4 Å². The highest BCUT2D eigenvalue weighted by atomic mass is 35.5. The molecular weight excluding hydrogens is 432 g/mol. The van der Waals surface area contributed by atoms with Gasteiger partial charge in [0.05, 0.1) is 26.7 Å². The highest BCUT2D eigenvalue weighted by Crippen LogP contribution is 2.45. The third kappa shape index (κ3) is 4.21. The number of anilines is 1. The maximum Gasteiger partial charge on any atom is 0.301 e. The van der Waals surface area contributed by atoms with E-state index in [4.69, 9.17) is 11.6 Å². The van der Waals surface area contributed by atoms with Gasteiger partial charge in [-0.2, -0.15) is 5.10 Å². The smallest absolute Gasteiger partial charge is 0.271 e. The van der Waals surface area contributed by atoms with E-state index in [2.05, 4.69) is 10.5 Å². The Labute approximate surface area is 188 Å². The van der Waals surface area contributed by atoms with Gasteiger partial charge in [-0.15, -0.1) is 0 Å². The molecule has 0 fully saturated rings. The molecule has 0 heterocycles. The Balaban J connectivity index is 1.72. The quantitative estimate of drug-likeness (QED) is 0.361. The minimum atomic E-state index is -0.691. The molecular formula is C23H17ClN4O4. The van der Waals surface area contributed by atoms with Gasteiger partial charge in [0.25, 0.3) is 5.69 Å².